The molecule has 21 saturated heterocycles. The SMILES string of the molecule is CN[C@H](CSCC1O[C@H]2O[C@@H]3C(CO)O[C@H](O[C@@H]4C(CO)O[C@H](O[C@@H]5C(CO)O[C@@H](O[C@@H]6C(CSC[C@@H](CC(=O)CCOCCOCCC(C)=O)C(=O)O)O[C@H](O[C@@H]7C(CO)O[C@@H](O[C@@H]8C(CO)O[C@@H](O[C@H]1[C@H](O)C2O)C(O)[C@H]8O)C(O)[C@H]7O)C(O)[C@H]6O)C(O)[C@H]5O)C(O)[C@H]4O)[C@@H](O)C3O)C(=O)O. The Bertz CT molecular complexity index is 2610. The first kappa shape index (κ1) is 86.1. The first-order valence-electron chi connectivity index (χ1n) is 33.2. The van der Waals surface area contributed by atoms with Crippen molar-refractivity contribution in [2.24, 2.45) is 5.92 Å². The number of aliphatic hydroxyl groups excluding tert-OH is 19. The molecule has 21 aliphatic rings. The van der Waals surface area contributed by atoms with Crippen LogP contribution < -0.4 is 5.32 Å². The number of nitrogens with one attached hydrogen (secondary N) is 1. The summed E-state index contributed by atoms with van der Waals surface area (Å²) < 4.78 is 93.3. The molecule has 103 heavy (non-hydrogen) atoms. The van der Waals surface area contributed by atoms with Gasteiger partial charge in [-0.25, -0.2) is 0 Å². The number of Topliss-reactive ketones (excluding diaryl/α,β-unsaturated/α-hetero) is 2. The highest BCUT2D eigenvalue weighted by Gasteiger charge is 2.60. The Hall–Kier alpha value is -2.46. The van der Waals surface area contributed by atoms with Gasteiger partial charge in [-0.05, 0) is 14.0 Å². The molecule has 14 unspecified atom stereocenters. The molecule has 0 amide bonds. The Morgan fingerprint density at radius 1 is 0.350 bits per heavy atom. The van der Waals surface area contributed by atoms with Gasteiger partial charge in [0.25, 0.3) is 0 Å². The maximum Gasteiger partial charge on any atom is 0.321 e. The molecule has 0 aromatic heterocycles. The summed E-state index contributed by atoms with van der Waals surface area (Å²) in [5, 5.41) is 239. The number of hydrogen-bond acceptors (Lipinski definition) is 42. The van der Waals surface area contributed by atoms with Gasteiger partial charge >= 0.3 is 11.9 Å². The van der Waals surface area contributed by atoms with Crippen molar-refractivity contribution in [2.45, 2.75) is 247 Å². The summed E-state index contributed by atoms with van der Waals surface area (Å²) in [4.78, 5) is 48.7. The molecule has 0 aromatic rings. The van der Waals surface area contributed by atoms with E-state index in [2.05, 4.69) is 5.32 Å². The molecule has 14 bridgehead atoms. The van der Waals surface area contributed by atoms with Crippen molar-refractivity contribution in [2.75, 3.05) is 89.5 Å². The van der Waals surface area contributed by atoms with Crippen molar-refractivity contribution >= 4 is 47.0 Å². The Morgan fingerprint density at radius 3 is 0.845 bits per heavy atom. The van der Waals surface area contributed by atoms with E-state index in [1.54, 1.807) is 0 Å². The number of thioether (sulfide) groups is 2. The predicted octanol–water partition coefficient (Wildman–Crippen LogP) is -13.0. The summed E-state index contributed by atoms with van der Waals surface area (Å²) in [6.07, 6.45) is -73.1. The van der Waals surface area contributed by atoms with Gasteiger partial charge in [0.2, 0.25) is 0 Å². The molecule has 0 aromatic carbocycles. The highest BCUT2D eigenvalue weighted by atomic mass is 32.2. The molecular formula is C59H97NO41S2. The molecule has 21 heterocycles. The van der Waals surface area contributed by atoms with E-state index in [-0.39, 0.29) is 62.3 Å². The lowest BCUT2D eigenvalue weighted by Gasteiger charge is -2.50. The van der Waals surface area contributed by atoms with Crippen molar-refractivity contribution in [1.29, 1.82) is 0 Å². The van der Waals surface area contributed by atoms with Gasteiger partial charge in [0.15, 0.2) is 44.0 Å². The van der Waals surface area contributed by atoms with E-state index in [0.29, 0.717) is 0 Å². The monoisotopic (exact) mass is 1540 g/mol. The zero-order valence-electron chi connectivity index (χ0n) is 55.5. The van der Waals surface area contributed by atoms with E-state index < -0.39 is 290 Å². The molecule has 21 aliphatic heterocycles. The number of aliphatic carboxylic acids is 2. The van der Waals surface area contributed by atoms with Crippen LogP contribution in [0.15, 0.2) is 0 Å². The minimum atomic E-state index is -2.31. The lowest BCUT2D eigenvalue weighted by molar-refractivity contribution is -0.395. The number of carboxylic acid groups (broad SMARTS) is 2. The molecule has 0 saturated carbocycles. The molecule has 21 rings (SSSR count). The summed E-state index contributed by atoms with van der Waals surface area (Å²) in [5.41, 5.74) is 0. The number of carbonyl (C=O) groups excluding carboxylic acids is 2. The summed E-state index contributed by atoms with van der Waals surface area (Å²) in [7, 11) is 1.35. The van der Waals surface area contributed by atoms with Crippen LogP contribution in [0, 0.1) is 5.92 Å². The third kappa shape index (κ3) is 21.0. The normalized spacial score (nSPS) is 44.9. The summed E-state index contributed by atoms with van der Waals surface area (Å²) >= 11 is 1.66. The van der Waals surface area contributed by atoms with Gasteiger partial charge in [0, 0.05) is 42.3 Å². The van der Waals surface area contributed by atoms with Gasteiger partial charge in [0.1, 0.15) is 176 Å². The number of ether oxygens (including phenoxy) is 16. The molecule has 0 aliphatic carbocycles. The van der Waals surface area contributed by atoms with Crippen LogP contribution in [0.2, 0.25) is 0 Å². The number of aliphatic hydroxyl groups is 19. The van der Waals surface area contributed by atoms with E-state index in [4.69, 9.17) is 75.8 Å². The van der Waals surface area contributed by atoms with Crippen LogP contribution in [0.3, 0.4) is 0 Å². The summed E-state index contributed by atoms with van der Waals surface area (Å²) in [6.45, 7) is -3.91. The van der Waals surface area contributed by atoms with Crippen LogP contribution in [-0.2, 0) is 95.0 Å². The van der Waals surface area contributed by atoms with Gasteiger partial charge in [-0.15, -0.1) is 0 Å². The Kier molecular flexibility index (Phi) is 33.4. The third-order valence-corrected chi connectivity index (χ3v) is 20.9. The molecule has 0 radical (unpaired) electrons. The minimum absolute atomic E-state index is 0.0645. The number of hydrogen-bond donors (Lipinski definition) is 22. The van der Waals surface area contributed by atoms with Crippen molar-refractivity contribution in [3.05, 3.63) is 0 Å². The van der Waals surface area contributed by atoms with E-state index in [9.17, 15) is 126 Å². The lowest BCUT2D eigenvalue weighted by Crippen LogP contribution is -2.68. The zero-order chi connectivity index (χ0) is 75.4. The van der Waals surface area contributed by atoms with Crippen molar-refractivity contribution in [3.63, 3.8) is 0 Å². The molecule has 21 fully saturated rings. The van der Waals surface area contributed by atoms with E-state index >= 15 is 0 Å². The predicted molar refractivity (Wildman–Crippen MR) is 332 cm³/mol. The smallest absolute Gasteiger partial charge is 0.321 e. The van der Waals surface area contributed by atoms with Crippen LogP contribution in [0.5, 0.6) is 0 Å². The van der Waals surface area contributed by atoms with Crippen LogP contribution >= 0.6 is 23.5 Å². The molecule has 42 nitrogen and oxygen atoms in total. The highest BCUT2D eigenvalue weighted by Crippen LogP contribution is 2.40. The first-order chi connectivity index (χ1) is 49.0. The number of likely N-dealkylation sites (N-methyl/N-ethyl adjacent to an activating group) is 1. The maximum atomic E-state index is 13.0. The second kappa shape index (κ2) is 40.0. The third-order valence-electron chi connectivity index (χ3n) is 18.6. The quantitative estimate of drug-likeness (QED) is 0.0340. The van der Waals surface area contributed by atoms with Crippen molar-refractivity contribution in [3.8, 4) is 0 Å². The Morgan fingerprint density at radius 2 is 0.602 bits per heavy atom. The molecule has 0 spiro atoms. The van der Waals surface area contributed by atoms with E-state index in [1.165, 1.54) is 14.0 Å². The van der Waals surface area contributed by atoms with Gasteiger partial charge in [-0.3, -0.25) is 19.2 Å². The van der Waals surface area contributed by atoms with Crippen LogP contribution in [0.25, 0.3) is 0 Å². The Labute approximate surface area is 595 Å². The van der Waals surface area contributed by atoms with Gasteiger partial charge in [-0.2, -0.15) is 23.5 Å². The van der Waals surface area contributed by atoms with Crippen LogP contribution in [0.4, 0.5) is 0 Å². The van der Waals surface area contributed by atoms with Crippen molar-refractivity contribution < 1.29 is 202 Å². The largest absolute Gasteiger partial charge is 0.481 e. The van der Waals surface area contributed by atoms with Gasteiger partial charge < -0.3 is 188 Å². The lowest BCUT2D eigenvalue weighted by atomic mass is 9.95. The number of carboxylic acids is 2. The van der Waals surface area contributed by atoms with E-state index in [1.807, 2.05) is 0 Å². The van der Waals surface area contributed by atoms with Crippen LogP contribution in [0.1, 0.15) is 26.2 Å². The second-order valence-corrected chi connectivity index (χ2v) is 27.9. The first-order valence-corrected chi connectivity index (χ1v) is 35.5. The number of rotatable bonds is 27. The molecule has 596 valence electrons. The fraction of sp³-hybridized carbons (Fsp3) is 0.932. The van der Waals surface area contributed by atoms with Gasteiger partial charge in [-0.1, -0.05) is 0 Å². The van der Waals surface area contributed by atoms with E-state index in [0.717, 1.165) is 23.5 Å². The molecule has 37 atom stereocenters. The molecule has 22 N–H and O–H groups in total. The maximum absolute atomic E-state index is 13.0. The number of carbonyl (C=O) groups is 4. The summed E-state index contributed by atoms with van der Waals surface area (Å²) in [5.74, 6) is -6.08. The second-order valence-electron chi connectivity index (χ2n) is 25.7. The Balaban J connectivity index is 1.08. The molecular weight excluding hydrogens is 1440 g/mol. The standard InChI is InChI=1S/C59H97NO41S2/c1-19(66)3-5-86-7-8-87-6-4-21(67)9-20(51(82)83)15-102-17-28-49-35(73)42(80)58(93-28)98-47-26(13-64)89-55(38(76)31(47)69)97-46-25(12-63)92-57(41(79)34(46)72)101-50-29(18-103-16-22(60-2)52(84)85)94-59(43(81)36(50)74)99-48-27(14-65)90-54(39(77)32(48)70)95-44-23(10-61)88-53(37(75)30(44)68)96-45-24(11-62)91-56(100-49)40(78)33(45)71/h20,22-50,53-65,68-81H,3-18H2,1-2H3,(H,82,83)(H,84,85)/t20-,22-,23?,24?,25?,26?,27?,28?,29?,30-,31-,32?,33-,34-,35-,36-,37?,38?,39+,40?,41?,42?,43?,44-,45-,46-,47-,48-,49-,50-,53-,54-,55+,56+,57+,58-,59+/m1/s1. The number of ketones is 2. The zero-order valence-corrected chi connectivity index (χ0v) is 57.2. The minimum Gasteiger partial charge on any atom is -0.481 e. The topological polar surface area (TPSA) is 653 Å². The van der Waals surface area contributed by atoms with Crippen molar-refractivity contribution in [1.82, 2.24) is 5.32 Å². The van der Waals surface area contributed by atoms with Crippen LogP contribution in [-0.4, -0.2) is 441 Å². The average Bonchev–Trinajstić information content (AvgIpc) is 0.785. The average molecular weight is 1540 g/mol. The fourth-order valence-corrected chi connectivity index (χ4v) is 15.0. The van der Waals surface area contributed by atoms with Gasteiger partial charge in [0.05, 0.1) is 77.6 Å². The molecule has 44 heteroatoms. The summed E-state index contributed by atoms with van der Waals surface area (Å²) in [6, 6.07) is -1.18. The highest BCUT2D eigenvalue weighted by molar-refractivity contribution is 7.99. The fourth-order valence-electron chi connectivity index (χ4n) is 12.6.